The number of ether oxygens (including phenoxy) is 1. The number of hydrogen-bond acceptors (Lipinski definition) is 8. The van der Waals surface area contributed by atoms with Crippen molar-refractivity contribution in [2.24, 2.45) is 0 Å². The lowest BCUT2D eigenvalue weighted by Gasteiger charge is -2.26. The molecule has 0 bridgehead atoms. The van der Waals surface area contributed by atoms with Gasteiger partial charge in [-0.05, 0) is 12.1 Å². The van der Waals surface area contributed by atoms with Crippen LogP contribution in [0.2, 0.25) is 0 Å². The van der Waals surface area contributed by atoms with Crippen molar-refractivity contribution >= 4 is 25.0 Å². The van der Waals surface area contributed by atoms with E-state index in [1.165, 1.54) is 12.3 Å². The fourth-order valence-electron chi connectivity index (χ4n) is 2.32. The molecule has 12 heteroatoms. The summed E-state index contributed by atoms with van der Waals surface area (Å²) < 4.78 is 42.5. The van der Waals surface area contributed by atoms with Crippen LogP contribution in [0.1, 0.15) is 6.23 Å². The van der Waals surface area contributed by atoms with E-state index in [9.17, 15) is 18.9 Å². The number of nitrogen functional groups attached to an aromatic ring is 1. The molecule has 3 N–H and O–H groups in total. The average Bonchev–Trinajstić information content (AvgIpc) is 2.85. The normalized spacial score (nSPS) is 30.2. The Morgan fingerprint density at radius 2 is 2.24 bits per heavy atom. The molecule has 4 atom stereocenters. The molecule has 0 aromatic carbocycles. The van der Waals surface area contributed by atoms with E-state index < -0.39 is 37.4 Å². The van der Waals surface area contributed by atoms with Crippen LogP contribution < -0.4 is 11.4 Å². The Morgan fingerprint density at radius 1 is 1.60 bits per heavy atom. The third-order valence-corrected chi connectivity index (χ3v) is 5.75. The number of rotatable bonds is 6. The zero-order valence-electron chi connectivity index (χ0n) is 13.4. The van der Waals surface area contributed by atoms with Gasteiger partial charge >= 0.3 is 13.3 Å². The Bertz CT molecular complexity index is 754. The molecule has 0 aliphatic carbocycles. The lowest BCUT2D eigenvalue weighted by Crippen LogP contribution is -2.42. The number of aromatic nitrogens is 2. The number of nitrogens with zero attached hydrogens (tertiary/aromatic N) is 2. The van der Waals surface area contributed by atoms with Gasteiger partial charge in [-0.25, -0.2) is 9.18 Å². The molecule has 1 aromatic heterocycles. The summed E-state index contributed by atoms with van der Waals surface area (Å²) in [7, 11) is -1.27. The fraction of sp³-hybridized carbons (Fsp3) is 0.538. The maximum atomic E-state index is 14.6. The largest absolute Gasteiger partial charge is 0.386 e. The van der Waals surface area contributed by atoms with Gasteiger partial charge in [-0.15, -0.1) is 11.6 Å². The van der Waals surface area contributed by atoms with Crippen LogP contribution in [0.4, 0.5) is 10.2 Å². The van der Waals surface area contributed by atoms with Crippen molar-refractivity contribution < 1.29 is 27.8 Å². The van der Waals surface area contributed by atoms with Gasteiger partial charge in [0, 0.05) is 26.2 Å². The van der Waals surface area contributed by atoms with Crippen LogP contribution >= 0.6 is 19.2 Å². The summed E-state index contributed by atoms with van der Waals surface area (Å²) in [6, 6.07) is 1.28. The Kier molecular flexibility index (Phi) is 6.03. The van der Waals surface area contributed by atoms with E-state index in [4.69, 9.17) is 31.1 Å². The molecule has 1 aromatic rings. The van der Waals surface area contributed by atoms with E-state index in [2.05, 4.69) is 4.98 Å². The van der Waals surface area contributed by atoms with Crippen LogP contribution in [0.25, 0.3) is 0 Å². The van der Waals surface area contributed by atoms with Gasteiger partial charge in [0.15, 0.2) is 12.4 Å². The molecule has 0 amide bonds. The number of anilines is 1. The Hall–Kier alpha value is -1.29. The summed E-state index contributed by atoms with van der Waals surface area (Å²) in [5, 5.41) is 10.3. The molecule has 2 heterocycles. The van der Waals surface area contributed by atoms with Gasteiger partial charge in [-0.2, -0.15) is 4.98 Å². The first-order chi connectivity index (χ1) is 11.7. The quantitative estimate of drug-likeness (QED) is 0.538. The number of aliphatic hydroxyl groups is 1. The molecule has 0 unspecified atom stereocenters. The van der Waals surface area contributed by atoms with Crippen molar-refractivity contribution in [3.8, 4) is 0 Å². The number of aliphatic hydroxyl groups excluding tert-OH is 1. The fourth-order valence-corrected chi connectivity index (χ4v) is 3.46. The molecule has 1 saturated heterocycles. The monoisotopic (exact) mass is 397 g/mol. The van der Waals surface area contributed by atoms with E-state index in [1.807, 2.05) is 0 Å². The predicted octanol–water partition coefficient (Wildman–Crippen LogP) is 1.03. The zero-order valence-corrected chi connectivity index (χ0v) is 15.1. The minimum atomic E-state index is -3.59. The van der Waals surface area contributed by atoms with Crippen LogP contribution in [-0.2, 0) is 18.3 Å². The Balaban J connectivity index is 2.40. The highest BCUT2D eigenvalue weighted by Gasteiger charge is 2.54. The predicted molar refractivity (Wildman–Crippen MR) is 88.1 cm³/mol. The van der Waals surface area contributed by atoms with Gasteiger partial charge in [0.1, 0.15) is 17.5 Å². The second-order valence-corrected chi connectivity index (χ2v) is 7.62. The molecular formula is C13H18ClFN3O6P. The van der Waals surface area contributed by atoms with Gasteiger partial charge in [0.05, 0.1) is 5.88 Å². The SMILES string of the molecule is COP(=O)(/C=C\[C@@]1(CCl)O[C@@H](n2ccc(N)nc2=O)[C@H](F)[C@@H]1O)OC. The highest BCUT2D eigenvalue weighted by Crippen LogP contribution is 2.50. The number of nitrogens with two attached hydrogens (primary N) is 1. The van der Waals surface area contributed by atoms with Crippen molar-refractivity contribution in [3.63, 3.8) is 0 Å². The molecule has 140 valence electrons. The summed E-state index contributed by atoms with van der Waals surface area (Å²) >= 11 is 5.86. The molecule has 1 aliphatic heterocycles. The average molecular weight is 398 g/mol. The zero-order chi connectivity index (χ0) is 18.8. The van der Waals surface area contributed by atoms with Crippen LogP contribution in [-0.4, -0.2) is 52.6 Å². The van der Waals surface area contributed by atoms with Gasteiger partial charge < -0.3 is 24.6 Å². The van der Waals surface area contributed by atoms with Gasteiger partial charge in [0.25, 0.3) is 0 Å². The first-order valence-electron chi connectivity index (χ1n) is 7.04. The molecule has 0 saturated carbocycles. The first-order valence-corrected chi connectivity index (χ1v) is 9.19. The molecule has 1 fully saturated rings. The third kappa shape index (κ3) is 3.79. The number of alkyl halides is 2. The molecule has 9 nitrogen and oxygen atoms in total. The maximum absolute atomic E-state index is 14.6. The summed E-state index contributed by atoms with van der Waals surface area (Å²) in [6.45, 7) is 0. The molecule has 0 spiro atoms. The van der Waals surface area contributed by atoms with E-state index in [-0.39, 0.29) is 11.7 Å². The highest BCUT2D eigenvalue weighted by molar-refractivity contribution is 7.57. The summed E-state index contributed by atoms with van der Waals surface area (Å²) in [5.74, 6) is 0.587. The van der Waals surface area contributed by atoms with E-state index in [1.54, 1.807) is 0 Å². The summed E-state index contributed by atoms with van der Waals surface area (Å²) in [6.07, 6.45) is -2.93. The van der Waals surface area contributed by atoms with Crippen LogP contribution in [0.3, 0.4) is 0 Å². The third-order valence-electron chi connectivity index (χ3n) is 3.80. The minimum Gasteiger partial charge on any atom is -0.386 e. The van der Waals surface area contributed by atoms with Gasteiger partial charge in [-0.3, -0.25) is 9.13 Å². The van der Waals surface area contributed by atoms with Crippen molar-refractivity contribution in [2.75, 3.05) is 25.8 Å². The van der Waals surface area contributed by atoms with E-state index in [0.717, 1.165) is 30.7 Å². The second-order valence-electron chi connectivity index (χ2n) is 5.25. The number of halogens is 2. The van der Waals surface area contributed by atoms with E-state index >= 15 is 0 Å². The first kappa shape index (κ1) is 20.0. The van der Waals surface area contributed by atoms with Crippen LogP contribution in [0.15, 0.2) is 29.0 Å². The van der Waals surface area contributed by atoms with Crippen molar-refractivity contribution in [2.45, 2.75) is 24.1 Å². The van der Waals surface area contributed by atoms with Crippen molar-refractivity contribution in [3.05, 3.63) is 34.6 Å². The highest BCUT2D eigenvalue weighted by atomic mass is 35.5. The molecule has 2 rings (SSSR count). The summed E-state index contributed by atoms with van der Waals surface area (Å²) in [5.41, 5.74) is 2.79. The summed E-state index contributed by atoms with van der Waals surface area (Å²) in [4.78, 5) is 15.4. The Labute approximate surface area is 147 Å². The Morgan fingerprint density at radius 3 is 2.76 bits per heavy atom. The maximum Gasteiger partial charge on any atom is 0.353 e. The topological polar surface area (TPSA) is 126 Å². The van der Waals surface area contributed by atoms with E-state index in [0.29, 0.717) is 0 Å². The van der Waals surface area contributed by atoms with Crippen molar-refractivity contribution in [1.82, 2.24) is 9.55 Å². The van der Waals surface area contributed by atoms with Crippen molar-refractivity contribution in [1.29, 1.82) is 0 Å². The second kappa shape index (κ2) is 7.53. The molecule has 0 radical (unpaired) electrons. The lowest BCUT2D eigenvalue weighted by molar-refractivity contribution is -0.0608. The van der Waals surface area contributed by atoms with Crippen LogP contribution in [0.5, 0.6) is 0 Å². The lowest BCUT2D eigenvalue weighted by atomic mass is 9.98. The minimum absolute atomic E-state index is 0.0418. The van der Waals surface area contributed by atoms with Crippen LogP contribution in [0, 0.1) is 0 Å². The number of hydrogen-bond donors (Lipinski definition) is 2. The molecular weight excluding hydrogens is 380 g/mol. The molecule has 1 aliphatic rings. The van der Waals surface area contributed by atoms with Gasteiger partial charge in [0.2, 0.25) is 0 Å². The van der Waals surface area contributed by atoms with Gasteiger partial charge in [-0.1, -0.05) is 0 Å². The standard InChI is InChI=1S/C13H18ClFN3O6P/c1-22-25(21,23-2)6-4-13(7-14)10(19)9(15)11(24-13)18-5-3-8(16)17-12(18)20/h3-6,9-11,19H,7H2,1-2H3,(H2,16,17,20)/b6-4-/t9-,10+,11-,13+/m1/s1. The molecule has 25 heavy (non-hydrogen) atoms. The smallest absolute Gasteiger partial charge is 0.353 e.